The van der Waals surface area contributed by atoms with Crippen LogP contribution < -0.4 is 34.7 Å². The summed E-state index contributed by atoms with van der Waals surface area (Å²) in [7, 11) is 0. The van der Waals surface area contributed by atoms with Gasteiger partial charge in [-0.3, -0.25) is 0 Å². The number of fused-ring (bicyclic) bond motifs is 1. The van der Waals surface area contributed by atoms with Gasteiger partial charge in [-0.15, -0.1) is 11.3 Å². The molecule has 7 nitrogen and oxygen atoms in total. The number of carbonyl (C=O) groups excluding carboxylic acids is 1. The van der Waals surface area contributed by atoms with Gasteiger partial charge in [-0.05, 0) is 63.5 Å². The van der Waals surface area contributed by atoms with Crippen molar-refractivity contribution in [3.8, 4) is 0 Å². The zero-order chi connectivity index (χ0) is 21.1. The van der Waals surface area contributed by atoms with Crippen LogP contribution in [0.5, 0.6) is 0 Å². The van der Waals surface area contributed by atoms with Crippen molar-refractivity contribution in [1.82, 2.24) is 9.88 Å². The SMILES string of the molecule is CC1=C(c2nc3cc(Cl)ccc3s2)CCN(C(=O)OC(C)(C)C)C1.O=C([O-])O.[Na+]. The van der Waals surface area contributed by atoms with E-state index in [2.05, 4.69) is 6.92 Å². The van der Waals surface area contributed by atoms with E-state index in [0.717, 1.165) is 27.2 Å². The average Bonchev–Trinajstić information content (AvgIpc) is 2.95. The van der Waals surface area contributed by atoms with Crippen LogP contribution in [-0.2, 0) is 4.74 Å². The normalized spacial score (nSPS) is 14.0. The molecule has 0 atom stereocenters. The molecular formula is C19H22ClN2NaO5S. The predicted molar refractivity (Wildman–Crippen MR) is 108 cm³/mol. The molecule has 0 unspecified atom stereocenters. The van der Waals surface area contributed by atoms with Gasteiger partial charge in [-0.1, -0.05) is 11.6 Å². The molecule has 0 saturated carbocycles. The summed E-state index contributed by atoms with van der Waals surface area (Å²) in [4.78, 5) is 27.2. The van der Waals surface area contributed by atoms with Crippen LogP contribution in [0.2, 0.25) is 5.02 Å². The second-order valence-corrected chi connectivity index (χ2v) is 8.77. The molecule has 0 bridgehead atoms. The number of thiazole rings is 1. The van der Waals surface area contributed by atoms with E-state index in [4.69, 9.17) is 36.3 Å². The van der Waals surface area contributed by atoms with E-state index in [9.17, 15) is 4.79 Å². The number of carboxylic acid groups (broad SMARTS) is 2. The smallest absolute Gasteiger partial charge is 0.565 e. The summed E-state index contributed by atoms with van der Waals surface area (Å²) in [5, 5.41) is 17.0. The fourth-order valence-corrected chi connectivity index (χ4v) is 3.99. The Morgan fingerprint density at radius 1 is 1.34 bits per heavy atom. The van der Waals surface area contributed by atoms with Gasteiger partial charge in [0.25, 0.3) is 0 Å². The molecule has 152 valence electrons. The monoisotopic (exact) mass is 448 g/mol. The first-order valence-corrected chi connectivity index (χ1v) is 9.78. The Morgan fingerprint density at radius 3 is 2.52 bits per heavy atom. The molecule has 0 fully saturated rings. The molecule has 1 amide bonds. The fraction of sp³-hybridized carbons (Fsp3) is 0.421. The summed E-state index contributed by atoms with van der Waals surface area (Å²) in [6.45, 7) is 8.95. The minimum absolute atomic E-state index is 0. The fourth-order valence-electron chi connectivity index (χ4n) is 2.72. The zero-order valence-electron chi connectivity index (χ0n) is 17.1. The van der Waals surface area contributed by atoms with Gasteiger partial charge >= 0.3 is 35.7 Å². The molecule has 1 N–H and O–H groups in total. The third kappa shape index (κ3) is 7.79. The van der Waals surface area contributed by atoms with Crippen LogP contribution >= 0.6 is 22.9 Å². The van der Waals surface area contributed by atoms with Crippen molar-refractivity contribution in [2.45, 2.75) is 39.7 Å². The largest absolute Gasteiger partial charge is 1.00 e. The van der Waals surface area contributed by atoms with Crippen molar-refractivity contribution >= 4 is 51.0 Å². The molecule has 0 spiro atoms. The maximum absolute atomic E-state index is 12.2. The van der Waals surface area contributed by atoms with Crippen molar-refractivity contribution in [3.05, 3.63) is 33.8 Å². The number of rotatable bonds is 1. The van der Waals surface area contributed by atoms with Gasteiger partial charge in [0.1, 0.15) is 10.6 Å². The molecule has 29 heavy (non-hydrogen) atoms. The summed E-state index contributed by atoms with van der Waals surface area (Å²) < 4.78 is 6.59. The van der Waals surface area contributed by atoms with E-state index in [1.807, 2.05) is 39.0 Å². The molecule has 2 heterocycles. The molecule has 2 aromatic rings. The Bertz CT molecular complexity index is 919. The van der Waals surface area contributed by atoms with E-state index < -0.39 is 11.8 Å². The molecular weight excluding hydrogens is 427 g/mol. The molecule has 1 aromatic heterocycles. The Labute approximate surface area is 200 Å². The molecule has 0 radical (unpaired) electrons. The van der Waals surface area contributed by atoms with Crippen molar-refractivity contribution < 1.29 is 54.1 Å². The maximum atomic E-state index is 12.2. The summed E-state index contributed by atoms with van der Waals surface area (Å²) in [5.74, 6) is 0. The number of nitrogens with zero attached hydrogens (tertiary/aromatic N) is 2. The second-order valence-electron chi connectivity index (χ2n) is 7.31. The number of halogens is 1. The van der Waals surface area contributed by atoms with Crippen LogP contribution in [-0.4, -0.2) is 45.9 Å². The molecule has 10 heteroatoms. The Kier molecular flexibility index (Phi) is 9.43. The Morgan fingerprint density at radius 2 is 1.97 bits per heavy atom. The molecule has 0 aliphatic carbocycles. The minimum atomic E-state index is -2.08. The van der Waals surface area contributed by atoms with Crippen LogP contribution in [0.4, 0.5) is 9.59 Å². The van der Waals surface area contributed by atoms with Crippen molar-refractivity contribution in [2.24, 2.45) is 0 Å². The van der Waals surface area contributed by atoms with Gasteiger partial charge in [0.05, 0.1) is 10.2 Å². The van der Waals surface area contributed by atoms with Gasteiger partial charge in [0, 0.05) is 18.1 Å². The maximum Gasteiger partial charge on any atom is 1.00 e. The van der Waals surface area contributed by atoms with Crippen LogP contribution in [0.15, 0.2) is 23.8 Å². The number of amides is 1. The summed E-state index contributed by atoms with van der Waals surface area (Å²) >= 11 is 7.72. The van der Waals surface area contributed by atoms with E-state index in [-0.39, 0.29) is 35.7 Å². The zero-order valence-corrected chi connectivity index (χ0v) is 20.7. The average molecular weight is 449 g/mol. The molecule has 1 aliphatic heterocycles. The number of hydrogen-bond acceptors (Lipinski definition) is 6. The Hall–Kier alpha value is -1.32. The third-order valence-corrected chi connectivity index (χ3v) is 5.17. The number of carbonyl (C=O) groups is 2. The third-order valence-electron chi connectivity index (χ3n) is 3.83. The molecule has 1 aromatic carbocycles. The summed E-state index contributed by atoms with van der Waals surface area (Å²) in [5.41, 5.74) is 2.85. The molecule has 0 saturated heterocycles. The van der Waals surface area contributed by atoms with E-state index in [1.54, 1.807) is 16.2 Å². The van der Waals surface area contributed by atoms with E-state index >= 15 is 0 Å². The van der Waals surface area contributed by atoms with E-state index in [0.29, 0.717) is 18.1 Å². The van der Waals surface area contributed by atoms with Crippen molar-refractivity contribution in [3.63, 3.8) is 0 Å². The first kappa shape index (κ1) is 25.7. The van der Waals surface area contributed by atoms with Gasteiger partial charge < -0.3 is 24.6 Å². The second kappa shape index (κ2) is 10.6. The van der Waals surface area contributed by atoms with Gasteiger partial charge in [0.15, 0.2) is 0 Å². The number of benzene rings is 1. The van der Waals surface area contributed by atoms with Crippen LogP contribution in [0.1, 0.15) is 39.1 Å². The standard InChI is InChI=1S/C18H21ClN2O2S.CH2O3.Na/c1-11-10-21(17(22)23-18(2,3)4)8-7-13(11)16-20-14-9-12(19)5-6-15(14)24-16;2-1(3)4;/h5-6,9H,7-8,10H2,1-4H3;(H2,2,3,4);/q;;+1/p-1. The topological polar surface area (TPSA) is 103 Å². The van der Waals surface area contributed by atoms with Gasteiger partial charge in [-0.2, -0.15) is 0 Å². The predicted octanol–water partition coefficient (Wildman–Crippen LogP) is 1.26. The minimum Gasteiger partial charge on any atom is -0.565 e. The first-order chi connectivity index (χ1) is 13.0. The summed E-state index contributed by atoms with van der Waals surface area (Å²) in [6, 6.07) is 5.78. The summed E-state index contributed by atoms with van der Waals surface area (Å²) in [6.07, 6.45) is -1.55. The van der Waals surface area contributed by atoms with Crippen molar-refractivity contribution in [2.75, 3.05) is 13.1 Å². The van der Waals surface area contributed by atoms with Crippen molar-refractivity contribution in [1.29, 1.82) is 0 Å². The van der Waals surface area contributed by atoms with E-state index in [1.165, 1.54) is 5.57 Å². The molecule has 1 aliphatic rings. The van der Waals surface area contributed by atoms with Gasteiger partial charge in [-0.25, -0.2) is 9.78 Å². The quantitative estimate of drug-likeness (QED) is 0.659. The molecule has 3 rings (SSSR count). The first-order valence-electron chi connectivity index (χ1n) is 8.59. The number of ether oxygens (including phenoxy) is 1. The Balaban J connectivity index is 0.000000771. The van der Waals surface area contributed by atoms with Gasteiger partial charge in [0.2, 0.25) is 6.16 Å². The van der Waals surface area contributed by atoms with Crippen LogP contribution in [0, 0.1) is 0 Å². The number of hydrogen-bond donors (Lipinski definition) is 1. The van der Waals surface area contributed by atoms with Crippen LogP contribution in [0.3, 0.4) is 0 Å². The number of aromatic nitrogens is 1. The van der Waals surface area contributed by atoms with Crippen LogP contribution in [0.25, 0.3) is 15.8 Å².